The van der Waals surface area contributed by atoms with E-state index >= 15 is 0 Å². The number of carbonyl (C=O) groups is 2. The number of fused-ring (bicyclic) bond motifs is 1. The molecule has 1 aromatic carbocycles. The molecule has 0 radical (unpaired) electrons. The summed E-state index contributed by atoms with van der Waals surface area (Å²) >= 11 is 6.48. The summed E-state index contributed by atoms with van der Waals surface area (Å²) in [6, 6.07) is 7.54. The maximum absolute atomic E-state index is 12.1. The molecule has 6 nitrogen and oxygen atoms in total. The Bertz CT molecular complexity index is 622. The molecule has 8 heteroatoms. The lowest BCUT2D eigenvalue weighted by Crippen LogP contribution is -2.48. The van der Waals surface area contributed by atoms with Crippen LogP contribution in [0.3, 0.4) is 0 Å². The van der Waals surface area contributed by atoms with Crippen molar-refractivity contribution >= 4 is 46.6 Å². The summed E-state index contributed by atoms with van der Waals surface area (Å²) in [6.07, 6.45) is 1.07. The Balaban J connectivity index is 1.75. The molecule has 0 bridgehead atoms. The first-order chi connectivity index (χ1) is 11.5. The third-order valence-electron chi connectivity index (χ3n) is 3.40. The Morgan fingerprint density at radius 2 is 2.08 bits per heavy atom. The number of nitrogens with one attached hydrogen (secondary N) is 4. The average molecular weight is 367 g/mol. The molecule has 0 saturated heterocycles. The van der Waals surface area contributed by atoms with Gasteiger partial charge in [0.2, 0.25) is 11.8 Å². The molecule has 1 aliphatic heterocycles. The molecule has 2 rings (SSSR count). The molecule has 0 unspecified atom stereocenters. The van der Waals surface area contributed by atoms with Gasteiger partial charge in [0, 0.05) is 17.9 Å². The molecule has 24 heavy (non-hydrogen) atoms. The van der Waals surface area contributed by atoms with Gasteiger partial charge in [-0.1, -0.05) is 26.0 Å². The summed E-state index contributed by atoms with van der Waals surface area (Å²) in [5, 5.41) is 5.75. The number of hydrogen-bond donors (Lipinski definition) is 4. The number of benzene rings is 1. The lowest BCUT2D eigenvalue weighted by Gasteiger charge is -2.23. The van der Waals surface area contributed by atoms with E-state index in [4.69, 9.17) is 12.2 Å². The van der Waals surface area contributed by atoms with Gasteiger partial charge in [-0.15, -0.1) is 11.8 Å². The first kappa shape index (κ1) is 18.5. The molecule has 0 aromatic heterocycles. The van der Waals surface area contributed by atoms with Gasteiger partial charge in [-0.25, -0.2) is 0 Å². The number of thioether (sulfide) groups is 1. The van der Waals surface area contributed by atoms with Crippen LogP contribution in [-0.2, 0) is 9.59 Å². The minimum atomic E-state index is -0.454. The number of thiocarbonyl (C=S) groups is 1. The second kappa shape index (κ2) is 8.89. The fraction of sp³-hybridized carbons (Fsp3) is 0.438. The Labute approximate surface area is 151 Å². The van der Waals surface area contributed by atoms with Crippen LogP contribution in [0.4, 0.5) is 5.69 Å². The third kappa shape index (κ3) is 5.68. The molecule has 1 aromatic rings. The van der Waals surface area contributed by atoms with Gasteiger partial charge < -0.3 is 10.6 Å². The SMILES string of the molecule is CC(C)CCNC(=S)NNC(=O)C[C@H]1Sc2ccccc2NC1=O. The summed E-state index contributed by atoms with van der Waals surface area (Å²) in [4.78, 5) is 25.0. The van der Waals surface area contributed by atoms with E-state index in [0.29, 0.717) is 11.0 Å². The summed E-state index contributed by atoms with van der Waals surface area (Å²) in [5.41, 5.74) is 5.98. The van der Waals surface area contributed by atoms with Gasteiger partial charge in [-0.05, 0) is 36.7 Å². The maximum atomic E-state index is 12.1. The minimum absolute atomic E-state index is 0.0758. The van der Waals surface area contributed by atoms with Crippen molar-refractivity contribution < 1.29 is 9.59 Å². The van der Waals surface area contributed by atoms with Crippen molar-refractivity contribution in [1.29, 1.82) is 0 Å². The molecule has 2 amide bonds. The van der Waals surface area contributed by atoms with Crippen molar-refractivity contribution in [3.8, 4) is 0 Å². The zero-order valence-electron chi connectivity index (χ0n) is 13.7. The molecule has 1 atom stereocenters. The van der Waals surface area contributed by atoms with E-state index in [1.54, 1.807) is 0 Å². The van der Waals surface area contributed by atoms with Crippen molar-refractivity contribution in [2.24, 2.45) is 5.92 Å². The van der Waals surface area contributed by atoms with E-state index in [-0.39, 0.29) is 18.2 Å². The summed E-state index contributed by atoms with van der Waals surface area (Å²) < 4.78 is 0. The van der Waals surface area contributed by atoms with Gasteiger partial charge >= 0.3 is 0 Å². The number of amides is 2. The van der Waals surface area contributed by atoms with Crippen LogP contribution >= 0.6 is 24.0 Å². The quantitative estimate of drug-likeness (QED) is 0.472. The van der Waals surface area contributed by atoms with Crippen molar-refractivity contribution in [2.45, 2.75) is 36.8 Å². The number of rotatable bonds is 5. The Hall–Kier alpha value is -1.80. The lowest BCUT2D eigenvalue weighted by molar-refractivity contribution is -0.124. The van der Waals surface area contributed by atoms with Gasteiger partial charge in [0.1, 0.15) is 0 Å². The van der Waals surface area contributed by atoms with Crippen LogP contribution < -0.4 is 21.5 Å². The third-order valence-corrected chi connectivity index (χ3v) is 4.92. The number of carbonyl (C=O) groups excluding carboxylic acids is 2. The van der Waals surface area contributed by atoms with E-state index in [9.17, 15) is 9.59 Å². The first-order valence-electron chi connectivity index (χ1n) is 7.85. The van der Waals surface area contributed by atoms with Crippen LogP contribution in [0.2, 0.25) is 0 Å². The minimum Gasteiger partial charge on any atom is -0.361 e. The molecule has 130 valence electrons. The molecular weight excluding hydrogens is 344 g/mol. The van der Waals surface area contributed by atoms with E-state index in [1.807, 2.05) is 24.3 Å². The largest absolute Gasteiger partial charge is 0.361 e. The monoisotopic (exact) mass is 366 g/mol. The Morgan fingerprint density at radius 3 is 2.83 bits per heavy atom. The standard InChI is InChI=1S/C16H22N4O2S2/c1-10(2)7-8-17-16(23)20-19-14(21)9-13-15(22)18-11-5-3-4-6-12(11)24-13/h3-6,10,13H,7-9H2,1-2H3,(H,18,22)(H,19,21)(H2,17,20,23)/t13-/m1/s1. The highest BCUT2D eigenvalue weighted by molar-refractivity contribution is 8.01. The predicted molar refractivity (Wildman–Crippen MR) is 101 cm³/mol. The Kier molecular flexibility index (Phi) is 6.86. The Morgan fingerprint density at radius 1 is 1.33 bits per heavy atom. The zero-order valence-corrected chi connectivity index (χ0v) is 15.4. The molecule has 0 spiro atoms. The number of para-hydroxylation sites is 1. The smallest absolute Gasteiger partial charge is 0.240 e. The highest BCUT2D eigenvalue weighted by Gasteiger charge is 2.28. The average Bonchev–Trinajstić information content (AvgIpc) is 2.53. The summed E-state index contributed by atoms with van der Waals surface area (Å²) in [5.74, 6) is 0.140. The molecule has 0 saturated carbocycles. The maximum Gasteiger partial charge on any atom is 0.240 e. The number of hydrazine groups is 1. The van der Waals surface area contributed by atoms with Crippen molar-refractivity contribution in [3.63, 3.8) is 0 Å². The van der Waals surface area contributed by atoms with Crippen LogP contribution in [0.25, 0.3) is 0 Å². The van der Waals surface area contributed by atoms with E-state index in [1.165, 1.54) is 11.8 Å². The van der Waals surface area contributed by atoms with Crippen molar-refractivity contribution in [2.75, 3.05) is 11.9 Å². The molecular formula is C16H22N4O2S2. The van der Waals surface area contributed by atoms with Crippen molar-refractivity contribution in [1.82, 2.24) is 16.2 Å². The van der Waals surface area contributed by atoms with Crippen molar-refractivity contribution in [3.05, 3.63) is 24.3 Å². The van der Waals surface area contributed by atoms with Crippen LogP contribution in [0.5, 0.6) is 0 Å². The summed E-state index contributed by atoms with van der Waals surface area (Å²) in [7, 11) is 0. The van der Waals surface area contributed by atoms with Gasteiger partial charge in [-0.3, -0.25) is 20.4 Å². The van der Waals surface area contributed by atoms with Gasteiger partial charge in [-0.2, -0.15) is 0 Å². The second-order valence-electron chi connectivity index (χ2n) is 5.91. The topological polar surface area (TPSA) is 82.3 Å². The lowest BCUT2D eigenvalue weighted by atomic mass is 10.1. The molecule has 0 aliphatic carbocycles. The van der Waals surface area contributed by atoms with Crippen LogP contribution in [0.15, 0.2) is 29.2 Å². The van der Waals surface area contributed by atoms with E-state index in [2.05, 4.69) is 35.3 Å². The normalized spacial score (nSPS) is 16.1. The van der Waals surface area contributed by atoms with E-state index < -0.39 is 5.25 Å². The molecule has 0 fully saturated rings. The molecule has 4 N–H and O–H groups in total. The summed E-state index contributed by atoms with van der Waals surface area (Å²) in [6.45, 7) is 5.01. The van der Waals surface area contributed by atoms with Gasteiger partial charge in [0.15, 0.2) is 5.11 Å². The number of anilines is 1. The van der Waals surface area contributed by atoms with Crippen LogP contribution in [-0.4, -0.2) is 28.7 Å². The molecule has 1 heterocycles. The zero-order chi connectivity index (χ0) is 17.5. The second-order valence-corrected chi connectivity index (χ2v) is 7.56. The highest BCUT2D eigenvalue weighted by atomic mass is 32.2. The van der Waals surface area contributed by atoms with Crippen LogP contribution in [0.1, 0.15) is 26.7 Å². The fourth-order valence-corrected chi connectivity index (χ4v) is 3.35. The number of hydrogen-bond acceptors (Lipinski definition) is 4. The first-order valence-corrected chi connectivity index (χ1v) is 9.13. The van der Waals surface area contributed by atoms with Gasteiger partial charge in [0.05, 0.1) is 10.9 Å². The predicted octanol–water partition coefficient (Wildman–Crippen LogP) is 2.03. The van der Waals surface area contributed by atoms with Crippen LogP contribution in [0, 0.1) is 5.92 Å². The van der Waals surface area contributed by atoms with Gasteiger partial charge in [0.25, 0.3) is 0 Å². The highest BCUT2D eigenvalue weighted by Crippen LogP contribution is 2.36. The van der Waals surface area contributed by atoms with E-state index in [0.717, 1.165) is 23.5 Å². The fourth-order valence-electron chi connectivity index (χ4n) is 2.09. The molecule has 1 aliphatic rings.